The first-order valence-electron chi connectivity index (χ1n) is 29.8. The number of hydrogen-bond donors (Lipinski definition) is 2. The van der Waals surface area contributed by atoms with Crippen molar-refractivity contribution in [3.8, 4) is 0 Å². The van der Waals surface area contributed by atoms with Crippen molar-refractivity contribution < 1.29 is 52.2 Å². The fourth-order valence-corrected chi connectivity index (χ4v) is 8.81. The summed E-state index contributed by atoms with van der Waals surface area (Å²) in [5, 5.41) is 9.82. The number of carbonyl (C=O) groups is 3. The van der Waals surface area contributed by atoms with Crippen molar-refractivity contribution in [2.75, 3.05) is 26.4 Å². The number of aliphatic hydroxyl groups excluding tert-OH is 1. The van der Waals surface area contributed by atoms with Crippen LogP contribution in [0.4, 0.5) is 0 Å². The summed E-state index contributed by atoms with van der Waals surface area (Å²) in [4.78, 5) is 48.5. The zero-order chi connectivity index (χ0) is 54.1. The Morgan fingerprint density at radius 2 is 0.716 bits per heavy atom. The number of hydrogen-bond acceptors (Lipinski definition) is 10. The molecule has 0 rings (SSSR count). The van der Waals surface area contributed by atoms with E-state index in [1.807, 2.05) is 0 Å². The van der Waals surface area contributed by atoms with Crippen LogP contribution >= 0.6 is 7.82 Å². The summed E-state index contributed by atoms with van der Waals surface area (Å²) in [6.07, 6.45) is 62.9. The molecule has 0 aromatic rings. The fourth-order valence-electron chi connectivity index (χ4n) is 8.03. The van der Waals surface area contributed by atoms with Gasteiger partial charge in [-0.15, -0.1) is 0 Å². The molecule has 2 N–H and O–H groups in total. The monoisotopic (exact) mass is 1060 g/mol. The summed E-state index contributed by atoms with van der Waals surface area (Å²) >= 11 is 0. The molecule has 0 saturated carbocycles. The number of rotatable bonds is 55. The summed E-state index contributed by atoms with van der Waals surface area (Å²) in [6, 6.07) is 0. The summed E-state index contributed by atoms with van der Waals surface area (Å²) < 4.78 is 39.5. The maximum absolute atomic E-state index is 12.9. The van der Waals surface area contributed by atoms with Crippen molar-refractivity contribution in [1.82, 2.24) is 0 Å². The molecule has 0 spiro atoms. The van der Waals surface area contributed by atoms with E-state index in [2.05, 4.69) is 93.7 Å². The predicted molar refractivity (Wildman–Crippen MR) is 307 cm³/mol. The van der Waals surface area contributed by atoms with E-state index in [1.165, 1.54) is 96.3 Å². The lowest BCUT2D eigenvalue weighted by Crippen LogP contribution is -2.30. The Kier molecular flexibility index (Phi) is 53.8. The second kappa shape index (κ2) is 56.1. The zero-order valence-electron chi connectivity index (χ0n) is 47.3. The molecule has 0 aliphatic rings. The van der Waals surface area contributed by atoms with Gasteiger partial charge in [0, 0.05) is 19.3 Å². The van der Waals surface area contributed by atoms with Gasteiger partial charge in [-0.05, 0) is 103 Å². The average molecular weight is 1060 g/mol. The lowest BCUT2D eigenvalue weighted by Gasteiger charge is -2.21. The van der Waals surface area contributed by atoms with Crippen LogP contribution in [-0.4, -0.2) is 66.5 Å². The molecule has 0 aromatic heterocycles. The third-order valence-electron chi connectivity index (χ3n) is 12.6. The summed E-state index contributed by atoms with van der Waals surface area (Å²) in [7, 11) is -4.76. The number of allylic oxidation sites excluding steroid dienone is 12. The van der Waals surface area contributed by atoms with Crippen molar-refractivity contribution in [3.63, 3.8) is 0 Å². The van der Waals surface area contributed by atoms with Gasteiger partial charge in [0.25, 0.3) is 0 Å². The Hall–Kier alpha value is -3.08. The van der Waals surface area contributed by atoms with Crippen LogP contribution in [0.2, 0.25) is 0 Å². The summed E-state index contributed by atoms with van der Waals surface area (Å²) in [5.41, 5.74) is 0. The van der Waals surface area contributed by atoms with Crippen LogP contribution in [0.1, 0.15) is 265 Å². The van der Waals surface area contributed by atoms with Crippen molar-refractivity contribution in [1.29, 1.82) is 0 Å². The van der Waals surface area contributed by atoms with E-state index in [0.29, 0.717) is 19.3 Å². The van der Waals surface area contributed by atoms with E-state index in [4.69, 9.17) is 23.3 Å². The Balaban J connectivity index is 4.68. The van der Waals surface area contributed by atoms with E-state index >= 15 is 0 Å². The molecule has 12 heteroatoms. The highest BCUT2D eigenvalue weighted by atomic mass is 31.2. The molecule has 3 atom stereocenters. The molecule has 3 unspecified atom stereocenters. The summed E-state index contributed by atoms with van der Waals surface area (Å²) in [5.74, 6) is -1.50. The van der Waals surface area contributed by atoms with Crippen LogP contribution in [-0.2, 0) is 42.2 Å². The maximum atomic E-state index is 12.9. The van der Waals surface area contributed by atoms with Gasteiger partial charge in [0.2, 0.25) is 0 Å². The zero-order valence-corrected chi connectivity index (χ0v) is 48.2. The molecule has 74 heavy (non-hydrogen) atoms. The Bertz CT molecular complexity index is 1520. The fraction of sp³-hybridized carbons (Fsp3) is 0.758. The number of unbranched alkanes of at least 4 members (excludes halogenated alkanes) is 26. The van der Waals surface area contributed by atoms with Gasteiger partial charge in [0.05, 0.1) is 19.8 Å². The van der Waals surface area contributed by atoms with Crippen molar-refractivity contribution in [3.05, 3.63) is 72.9 Å². The van der Waals surface area contributed by atoms with Crippen LogP contribution in [0.15, 0.2) is 72.9 Å². The third kappa shape index (κ3) is 53.7. The third-order valence-corrected chi connectivity index (χ3v) is 13.5. The number of aliphatic hydroxyl groups is 1. The lowest BCUT2D eigenvalue weighted by atomic mass is 10.1. The lowest BCUT2D eigenvalue weighted by molar-refractivity contribution is -0.161. The van der Waals surface area contributed by atoms with Crippen LogP contribution in [0.25, 0.3) is 0 Å². The molecule has 0 fully saturated rings. The minimum absolute atomic E-state index is 0.147. The highest BCUT2D eigenvalue weighted by Crippen LogP contribution is 2.43. The van der Waals surface area contributed by atoms with Crippen LogP contribution in [0, 0.1) is 0 Å². The van der Waals surface area contributed by atoms with Crippen LogP contribution in [0.5, 0.6) is 0 Å². The first-order chi connectivity index (χ1) is 36.2. The van der Waals surface area contributed by atoms with Gasteiger partial charge in [0.15, 0.2) is 6.10 Å². The Morgan fingerprint density at radius 1 is 0.392 bits per heavy atom. The molecule has 0 bridgehead atoms. The van der Waals surface area contributed by atoms with E-state index in [1.54, 1.807) is 0 Å². The Morgan fingerprint density at radius 3 is 1.14 bits per heavy atom. The van der Waals surface area contributed by atoms with Crippen molar-refractivity contribution in [2.24, 2.45) is 0 Å². The number of phosphoric acid groups is 1. The van der Waals surface area contributed by atoms with E-state index in [9.17, 15) is 28.9 Å². The SMILES string of the molecule is CC/C=C\C/C=C\C/C=C\C/C=C\CCCCCCC(=O)OC(CO)COP(=O)(O)OCC(COC(=O)CCCCCCC/C=C\CCCC)OC(=O)CCCCCCCCCCC/C=C\CCCCCCCC. The highest BCUT2D eigenvalue weighted by molar-refractivity contribution is 7.47. The predicted octanol–water partition coefficient (Wildman–Crippen LogP) is 17.7. The summed E-state index contributed by atoms with van der Waals surface area (Å²) in [6.45, 7) is 4.47. The largest absolute Gasteiger partial charge is 0.472 e. The number of ether oxygens (including phenoxy) is 3. The molecule has 11 nitrogen and oxygen atoms in total. The minimum atomic E-state index is -4.76. The van der Waals surface area contributed by atoms with E-state index in [0.717, 1.165) is 109 Å². The van der Waals surface area contributed by atoms with E-state index < -0.39 is 57.8 Å². The molecular formula is C62H109O11P. The molecule has 0 saturated heterocycles. The van der Waals surface area contributed by atoms with Gasteiger partial charge in [-0.1, -0.05) is 216 Å². The molecule has 0 amide bonds. The standard InChI is InChI=1S/C62H109O11P/c1-4-7-10-13-16-19-22-24-26-28-29-31-33-35-38-41-44-47-50-53-62(66)73-59(55-69-60(64)51-48-45-42-39-36-21-18-15-12-9-6-3)57-71-74(67,68)70-56-58(54-63)72-61(65)52-49-46-43-40-37-34-32-30-27-25-23-20-17-14-11-8-5-2/h8,11,15,17-18,20,24-27,32,34,58-59,63H,4-7,9-10,12-14,16,19,21-23,28-31,33,35-57H2,1-3H3,(H,67,68)/b11-8-,18-15-,20-17-,26-24-,27-25-,34-32-. The number of carbonyl (C=O) groups excluding carboxylic acids is 3. The van der Waals surface area contributed by atoms with Gasteiger partial charge >= 0.3 is 25.7 Å². The van der Waals surface area contributed by atoms with Gasteiger partial charge in [-0.25, -0.2) is 4.57 Å². The van der Waals surface area contributed by atoms with Crippen molar-refractivity contribution >= 4 is 25.7 Å². The smallest absolute Gasteiger partial charge is 0.462 e. The second-order valence-electron chi connectivity index (χ2n) is 19.8. The normalized spacial score (nSPS) is 13.9. The molecular weight excluding hydrogens is 952 g/mol. The van der Waals surface area contributed by atoms with Gasteiger partial charge < -0.3 is 24.2 Å². The molecule has 428 valence electrons. The van der Waals surface area contributed by atoms with Gasteiger partial charge in [-0.2, -0.15) is 0 Å². The molecule has 0 aliphatic heterocycles. The van der Waals surface area contributed by atoms with Gasteiger partial charge in [-0.3, -0.25) is 23.4 Å². The number of esters is 3. The first kappa shape index (κ1) is 70.9. The second-order valence-corrected chi connectivity index (χ2v) is 21.2. The Labute approximate surface area is 452 Å². The average Bonchev–Trinajstić information content (AvgIpc) is 3.39. The first-order valence-corrected chi connectivity index (χ1v) is 31.3. The number of phosphoric ester groups is 1. The quantitative estimate of drug-likeness (QED) is 0.0197. The van der Waals surface area contributed by atoms with Crippen LogP contribution in [0.3, 0.4) is 0 Å². The maximum Gasteiger partial charge on any atom is 0.472 e. The van der Waals surface area contributed by atoms with E-state index in [-0.39, 0.29) is 25.9 Å². The van der Waals surface area contributed by atoms with Crippen LogP contribution < -0.4 is 0 Å². The molecule has 0 heterocycles. The van der Waals surface area contributed by atoms with Crippen molar-refractivity contribution in [2.45, 2.75) is 277 Å². The molecule has 0 radical (unpaired) electrons. The van der Waals surface area contributed by atoms with Gasteiger partial charge in [0.1, 0.15) is 12.7 Å². The molecule has 0 aliphatic carbocycles. The topological polar surface area (TPSA) is 155 Å². The minimum Gasteiger partial charge on any atom is -0.462 e. The molecule has 0 aromatic carbocycles. The highest BCUT2D eigenvalue weighted by Gasteiger charge is 2.28.